The quantitative estimate of drug-likeness (QED) is 0.792. The monoisotopic (exact) mass is 278 g/mol. The van der Waals surface area contributed by atoms with Gasteiger partial charge in [0.2, 0.25) is 0 Å². The first kappa shape index (κ1) is 17.2. The van der Waals surface area contributed by atoms with E-state index < -0.39 is 0 Å². The number of rotatable bonds is 8. The minimum atomic E-state index is -0.365. The van der Waals surface area contributed by atoms with Crippen LogP contribution in [0, 0.1) is 6.92 Å². The molecule has 2 atom stereocenters. The highest BCUT2D eigenvalue weighted by Gasteiger charge is 2.15. The number of aryl methyl sites for hydroxylation is 1. The van der Waals surface area contributed by atoms with Crippen molar-refractivity contribution in [1.29, 1.82) is 0 Å². The molecule has 1 aromatic carbocycles. The van der Waals surface area contributed by atoms with Gasteiger partial charge in [-0.05, 0) is 46.5 Å². The molecule has 0 fully saturated rings. The van der Waals surface area contributed by atoms with E-state index in [2.05, 4.69) is 56.8 Å². The summed E-state index contributed by atoms with van der Waals surface area (Å²) < 4.78 is 0. The molecule has 0 heterocycles. The molecule has 0 aliphatic heterocycles. The van der Waals surface area contributed by atoms with Gasteiger partial charge < -0.3 is 10.0 Å². The van der Waals surface area contributed by atoms with Crippen LogP contribution in [0.4, 0.5) is 0 Å². The van der Waals surface area contributed by atoms with Crippen LogP contribution in [0.5, 0.6) is 0 Å². The fraction of sp³-hybridized carbons (Fsp3) is 0.647. The SMILES string of the molecule is CCN(CCC(O)c1cccc(C)c1)C(C)CN(C)C. The predicted molar refractivity (Wildman–Crippen MR) is 86.0 cm³/mol. The normalized spacial score (nSPS) is 14.8. The van der Waals surface area contributed by atoms with Gasteiger partial charge in [-0.15, -0.1) is 0 Å². The molecule has 0 aliphatic rings. The van der Waals surface area contributed by atoms with Gasteiger partial charge in [-0.3, -0.25) is 4.90 Å². The summed E-state index contributed by atoms with van der Waals surface area (Å²) >= 11 is 0. The van der Waals surface area contributed by atoms with Gasteiger partial charge in [0.05, 0.1) is 6.10 Å². The maximum atomic E-state index is 10.3. The molecule has 114 valence electrons. The van der Waals surface area contributed by atoms with Gasteiger partial charge in [0.25, 0.3) is 0 Å². The highest BCUT2D eigenvalue weighted by Crippen LogP contribution is 2.18. The third-order valence-electron chi connectivity index (χ3n) is 3.78. The van der Waals surface area contributed by atoms with Crippen molar-refractivity contribution < 1.29 is 5.11 Å². The Bertz CT molecular complexity index is 392. The molecular weight excluding hydrogens is 248 g/mol. The zero-order chi connectivity index (χ0) is 15.1. The number of aliphatic hydroxyl groups is 1. The number of nitrogens with zero attached hydrogens (tertiary/aromatic N) is 2. The summed E-state index contributed by atoms with van der Waals surface area (Å²) in [5, 5.41) is 10.3. The Labute approximate surface area is 124 Å². The molecule has 1 aromatic rings. The minimum Gasteiger partial charge on any atom is -0.388 e. The lowest BCUT2D eigenvalue weighted by molar-refractivity contribution is 0.121. The Morgan fingerprint density at radius 2 is 1.95 bits per heavy atom. The Morgan fingerprint density at radius 3 is 2.50 bits per heavy atom. The summed E-state index contributed by atoms with van der Waals surface area (Å²) in [6.07, 6.45) is 0.421. The van der Waals surface area contributed by atoms with E-state index >= 15 is 0 Å². The average Bonchev–Trinajstić information content (AvgIpc) is 2.38. The molecule has 0 aliphatic carbocycles. The first-order valence-electron chi connectivity index (χ1n) is 7.57. The van der Waals surface area contributed by atoms with Crippen molar-refractivity contribution in [2.24, 2.45) is 0 Å². The molecule has 0 aromatic heterocycles. The largest absolute Gasteiger partial charge is 0.388 e. The highest BCUT2D eigenvalue weighted by molar-refractivity contribution is 5.23. The molecule has 0 saturated heterocycles. The van der Waals surface area contributed by atoms with Crippen LogP contribution in [0.3, 0.4) is 0 Å². The lowest BCUT2D eigenvalue weighted by Crippen LogP contribution is -2.40. The van der Waals surface area contributed by atoms with Crippen molar-refractivity contribution in [1.82, 2.24) is 9.80 Å². The average molecular weight is 278 g/mol. The van der Waals surface area contributed by atoms with Crippen molar-refractivity contribution in [3.63, 3.8) is 0 Å². The Hall–Kier alpha value is -0.900. The highest BCUT2D eigenvalue weighted by atomic mass is 16.3. The Kier molecular flexibility index (Phi) is 7.20. The van der Waals surface area contributed by atoms with Gasteiger partial charge in [-0.2, -0.15) is 0 Å². The van der Waals surface area contributed by atoms with Crippen LogP contribution in [-0.4, -0.2) is 54.7 Å². The number of likely N-dealkylation sites (N-methyl/N-ethyl adjacent to an activating group) is 2. The topological polar surface area (TPSA) is 26.7 Å². The molecule has 3 nitrogen and oxygen atoms in total. The van der Waals surface area contributed by atoms with E-state index in [1.165, 1.54) is 5.56 Å². The lowest BCUT2D eigenvalue weighted by atomic mass is 10.0. The second-order valence-corrected chi connectivity index (χ2v) is 5.96. The van der Waals surface area contributed by atoms with Gasteiger partial charge in [0, 0.05) is 19.1 Å². The molecular formula is C17H30N2O. The lowest BCUT2D eigenvalue weighted by Gasteiger charge is -2.30. The third-order valence-corrected chi connectivity index (χ3v) is 3.78. The fourth-order valence-corrected chi connectivity index (χ4v) is 2.67. The summed E-state index contributed by atoms with van der Waals surface area (Å²) in [6, 6.07) is 8.68. The first-order valence-corrected chi connectivity index (χ1v) is 7.57. The summed E-state index contributed by atoms with van der Waals surface area (Å²) in [7, 11) is 4.21. The van der Waals surface area contributed by atoms with Gasteiger partial charge in [-0.25, -0.2) is 0 Å². The van der Waals surface area contributed by atoms with Crippen LogP contribution in [-0.2, 0) is 0 Å². The molecule has 1 rings (SSSR count). The number of aliphatic hydroxyl groups excluding tert-OH is 1. The van der Waals surface area contributed by atoms with Gasteiger partial charge in [0.1, 0.15) is 0 Å². The van der Waals surface area contributed by atoms with Crippen molar-refractivity contribution >= 4 is 0 Å². The second kappa shape index (κ2) is 8.40. The van der Waals surface area contributed by atoms with Crippen molar-refractivity contribution in [3.05, 3.63) is 35.4 Å². The number of hydrogen-bond acceptors (Lipinski definition) is 3. The molecule has 0 amide bonds. The second-order valence-electron chi connectivity index (χ2n) is 5.96. The van der Waals surface area contributed by atoms with Crippen LogP contribution < -0.4 is 0 Å². The molecule has 1 N–H and O–H groups in total. The zero-order valence-electron chi connectivity index (χ0n) is 13.6. The molecule has 0 saturated carbocycles. The van der Waals surface area contributed by atoms with E-state index in [1.54, 1.807) is 0 Å². The molecule has 0 spiro atoms. The van der Waals surface area contributed by atoms with Gasteiger partial charge >= 0.3 is 0 Å². The van der Waals surface area contributed by atoms with Gasteiger partial charge in [-0.1, -0.05) is 36.8 Å². The number of hydrogen-bond donors (Lipinski definition) is 1. The van der Waals surface area contributed by atoms with Gasteiger partial charge in [0.15, 0.2) is 0 Å². The van der Waals surface area contributed by atoms with Crippen LogP contribution in [0.2, 0.25) is 0 Å². The minimum absolute atomic E-state index is 0.365. The molecule has 2 unspecified atom stereocenters. The summed E-state index contributed by atoms with van der Waals surface area (Å²) in [6.45, 7) is 9.51. The zero-order valence-corrected chi connectivity index (χ0v) is 13.6. The Balaban J connectivity index is 2.51. The van der Waals surface area contributed by atoms with Crippen molar-refractivity contribution in [2.75, 3.05) is 33.7 Å². The van der Waals surface area contributed by atoms with E-state index in [4.69, 9.17) is 0 Å². The van der Waals surface area contributed by atoms with Crippen LogP contribution in [0.25, 0.3) is 0 Å². The summed E-state index contributed by atoms with van der Waals surface area (Å²) in [5.74, 6) is 0. The van der Waals surface area contributed by atoms with E-state index in [1.807, 2.05) is 12.1 Å². The third kappa shape index (κ3) is 5.61. The maximum Gasteiger partial charge on any atom is 0.0802 e. The summed E-state index contributed by atoms with van der Waals surface area (Å²) in [4.78, 5) is 4.64. The maximum absolute atomic E-state index is 10.3. The van der Waals surface area contributed by atoms with E-state index in [0.29, 0.717) is 6.04 Å². The smallest absolute Gasteiger partial charge is 0.0802 e. The van der Waals surface area contributed by atoms with E-state index in [-0.39, 0.29) is 6.10 Å². The van der Waals surface area contributed by atoms with Crippen molar-refractivity contribution in [3.8, 4) is 0 Å². The van der Waals surface area contributed by atoms with Crippen LogP contribution in [0.15, 0.2) is 24.3 Å². The molecule has 3 heteroatoms. The molecule has 0 bridgehead atoms. The predicted octanol–water partition coefficient (Wildman–Crippen LogP) is 2.69. The number of benzene rings is 1. The fourth-order valence-electron chi connectivity index (χ4n) is 2.67. The first-order chi connectivity index (χ1) is 9.43. The standard InChI is InChI=1S/C17H30N2O/c1-6-19(15(3)13-18(4)5)11-10-17(20)16-9-7-8-14(2)12-16/h7-9,12,15,17,20H,6,10-11,13H2,1-5H3. The van der Waals surface area contributed by atoms with Crippen LogP contribution in [0.1, 0.15) is 37.5 Å². The Morgan fingerprint density at radius 1 is 1.25 bits per heavy atom. The van der Waals surface area contributed by atoms with E-state index in [0.717, 1.165) is 31.6 Å². The van der Waals surface area contributed by atoms with Crippen LogP contribution >= 0.6 is 0 Å². The van der Waals surface area contributed by atoms with Crippen molar-refractivity contribution in [2.45, 2.75) is 39.3 Å². The summed E-state index contributed by atoms with van der Waals surface area (Å²) in [5.41, 5.74) is 2.23. The molecule has 0 radical (unpaired) electrons. The van der Waals surface area contributed by atoms with E-state index in [9.17, 15) is 5.11 Å². The molecule has 20 heavy (non-hydrogen) atoms.